The number of aryl methyl sites for hydroxylation is 1. The Morgan fingerprint density at radius 3 is 2.75 bits per heavy atom. The molecule has 0 bridgehead atoms. The number of aromatic carboxylic acids is 1. The number of carboxylic acids is 1. The van der Waals surface area contributed by atoms with Crippen molar-refractivity contribution in [3.63, 3.8) is 0 Å². The fourth-order valence-corrected chi connectivity index (χ4v) is 3.82. The van der Waals surface area contributed by atoms with Crippen LogP contribution in [0.5, 0.6) is 0 Å². The molecule has 0 radical (unpaired) electrons. The number of rotatable bonds is 4. The number of carbonyl (C=O) groups is 2. The van der Waals surface area contributed by atoms with Crippen molar-refractivity contribution >= 4 is 17.5 Å². The Morgan fingerprint density at radius 2 is 2.00 bits per heavy atom. The van der Waals surface area contributed by atoms with Gasteiger partial charge in [-0.25, -0.2) is 14.3 Å². The molecule has 0 saturated carbocycles. The Labute approximate surface area is 162 Å². The predicted octanol–water partition coefficient (Wildman–Crippen LogP) is 2.83. The summed E-state index contributed by atoms with van der Waals surface area (Å²) < 4.78 is 1.65. The summed E-state index contributed by atoms with van der Waals surface area (Å²) in [6, 6.07) is 7.00. The summed E-state index contributed by atoms with van der Waals surface area (Å²) in [5.41, 5.74) is 3.49. The van der Waals surface area contributed by atoms with E-state index < -0.39 is 5.97 Å². The van der Waals surface area contributed by atoms with E-state index in [0.29, 0.717) is 29.2 Å². The van der Waals surface area contributed by atoms with Gasteiger partial charge in [0, 0.05) is 25.5 Å². The van der Waals surface area contributed by atoms with E-state index in [-0.39, 0.29) is 5.91 Å². The first-order valence-electron chi connectivity index (χ1n) is 9.43. The van der Waals surface area contributed by atoms with Crippen molar-refractivity contribution in [1.29, 1.82) is 0 Å². The number of piperidine rings is 1. The number of benzene rings is 1. The van der Waals surface area contributed by atoms with Crippen LogP contribution < -0.4 is 0 Å². The second-order valence-electron chi connectivity index (χ2n) is 7.42. The number of aromatic nitrogens is 3. The molecule has 1 aliphatic rings. The Bertz CT molecular complexity index is 1030. The lowest BCUT2D eigenvalue weighted by Gasteiger charge is -2.32. The standard InChI is InChI=1S/C21H22N4O3/c1-14-10-22-19-18(11-23-25(19)12-14)20(26)24-8-2-3-16(13-24)9-15-4-6-17(7-5-15)21(27)28/h4-7,10-12,16H,2-3,8-9,13H2,1H3,(H,27,28)/t16-/m1/s1. The first-order chi connectivity index (χ1) is 13.5. The molecule has 7 heteroatoms. The molecule has 3 heterocycles. The molecule has 1 fully saturated rings. The van der Waals surface area contributed by atoms with Crippen molar-refractivity contribution in [1.82, 2.24) is 19.5 Å². The topological polar surface area (TPSA) is 87.8 Å². The van der Waals surface area contributed by atoms with Crippen molar-refractivity contribution in [2.45, 2.75) is 26.2 Å². The SMILES string of the molecule is Cc1cnc2c(C(=O)N3CCC[C@H](Cc4ccc(C(=O)O)cc4)C3)cnn2c1. The van der Waals surface area contributed by atoms with E-state index in [0.717, 1.165) is 36.9 Å². The lowest BCUT2D eigenvalue weighted by atomic mass is 9.90. The number of carbonyl (C=O) groups excluding carboxylic acids is 1. The molecular formula is C21H22N4O3. The molecular weight excluding hydrogens is 356 g/mol. The molecule has 1 amide bonds. The van der Waals surface area contributed by atoms with Crippen LogP contribution in [0.4, 0.5) is 0 Å². The molecule has 144 valence electrons. The second-order valence-corrected chi connectivity index (χ2v) is 7.42. The van der Waals surface area contributed by atoms with Crippen LogP contribution in [-0.4, -0.2) is 49.6 Å². The molecule has 1 aliphatic heterocycles. The molecule has 1 saturated heterocycles. The quantitative estimate of drug-likeness (QED) is 0.754. The minimum atomic E-state index is -0.918. The van der Waals surface area contributed by atoms with E-state index >= 15 is 0 Å². The Morgan fingerprint density at radius 1 is 1.21 bits per heavy atom. The van der Waals surface area contributed by atoms with Crippen LogP contribution in [0.3, 0.4) is 0 Å². The zero-order valence-corrected chi connectivity index (χ0v) is 15.7. The van der Waals surface area contributed by atoms with Gasteiger partial charge in [0.2, 0.25) is 0 Å². The maximum atomic E-state index is 13.0. The molecule has 1 aromatic carbocycles. The minimum absolute atomic E-state index is 0.0303. The lowest BCUT2D eigenvalue weighted by molar-refractivity contribution is 0.0671. The van der Waals surface area contributed by atoms with Crippen molar-refractivity contribution < 1.29 is 14.7 Å². The van der Waals surface area contributed by atoms with Crippen molar-refractivity contribution in [3.05, 3.63) is 65.1 Å². The van der Waals surface area contributed by atoms with Gasteiger partial charge >= 0.3 is 5.97 Å². The summed E-state index contributed by atoms with van der Waals surface area (Å²) in [7, 11) is 0. The van der Waals surface area contributed by atoms with Gasteiger partial charge < -0.3 is 10.0 Å². The number of likely N-dealkylation sites (tertiary alicyclic amines) is 1. The lowest BCUT2D eigenvalue weighted by Crippen LogP contribution is -2.40. The minimum Gasteiger partial charge on any atom is -0.478 e. The largest absolute Gasteiger partial charge is 0.478 e. The molecule has 7 nitrogen and oxygen atoms in total. The van der Waals surface area contributed by atoms with Crippen LogP contribution in [0.25, 0.3) is 5.65 Å². The molecule has 1 atom stereocenters. The van der Waals surface area contributed by atoms with Crippen LogP contribution in [0, 0.1) is 12.8 Å². The molecule has 0 unspecified atom stereocenters. The average Bonchev–Trinajstić information content (AvgIpc) is 3.11. The highest BCUT2D eigenvalue weighted by molar-refractivity contribution is 5.99. The first-order valence-corrected chi connectivity index (χ1v) is 9.43. The van der Waals surface area contributed by atoms with Gasteiger partial charge in [0.15, 0.2) is 5.65 Å². The highest BCUT2D eigenvalue weighted by atomic mass is 16.4. The van der Waals surface area contributed by atoms with E-state index in [1.165, 1.54) is 0 Å². The van der Waals surface area contributed by atoms with Gasteiger partial charge in [-0.2, -0.15) is 5.10 Å². The molecule has 1 N–H and O–H groups in total. The summed E-state index contributed by atoms with van der Waals surface area (Å²) in [6.45, 7) is 3.35. The smallest absolute Gasteiger partial charge is 0.335 e. The first kappa shape index (κ1) is 18.2. The maximum Gasteiger partial charge on any atom is 0.335 e. The number of carboxylic acid groups (broad SMARTS) is 1. The van der Waals surface area contributed by atoms with Gasteiger partial charge in [-0.3, -0.25) is 4.79 Å². The number of fused-ring (bicyclic) bond motifs is 1. The predicted molar refractivity (Wildman–Crippen MR) is 103 cm³/mol. The van der Waals surface area contributed by atoms with E-state index in [9.17, 15) is 9.59 Å². The monoisotopic (exact) mass is 378 g/mol. The zero-order valence-electron chi connectivity index (χ0n) is 15.7. The van der Waals surface area contributed by atoms with Crippen molar-refractivity contribution in [2.75, 3.05) is 13.1 Å². The zero-order chi connectivity index (χ0) is 19.7. The number of nitrogens with zero attached hydrogens (tertiary/aromatic N) is 4. The second kappa shape index (κ2) is 7.42. The highest BCUT2D eigenvalue weighted by Gasteiger charge is 2.27. The third kappa shape index (κ3) is 3.60. The van der Waals surface area contributed by atoms with E-state index in [2.05, 4.69) is 10.1 Å². The summed E-state index contributed by atoms with van der Waals surface area (Å²) in [4.78, 5) is 30.3. The number of hydrogen-bond acceptors (Lipinski definition) is 4. The Hall–Kier alpha value is -3.22. The molecule has 3 aromatic rings. The van der Waals surface area contributed by atoms with Crippen LogP contribution in [0.2, 0.25) is 0 Å². The molecule has 0 spiro atoms. The summed E-state index contributed by atoms with van der Waals surface area (Å²) >= 11 is 0. The fraction of sp³-hybridized carbons (Fsp3) is 0.333. The summed E-state index contributed by atoms with van der Waals surface area (Å²) in [5.74, 6) is -0.596. The van der Waals surface area contributed by atoms with Gasteiger partial charge in [0.05, 0.1) is 11.8 Å². The van der Waals surface area contributed by atoms with Crippen LogP contribution >= 0.6 is 0 Å². The van der Waals surface area contributed by atoms with Gasteiger partial charge in [0.1, 0.15) is 5.56 Å². The summed E-state index contributed by atoms with van der Waals surface area (Å²) in [5, 5.41) is 13.3. The third-order valence-corrected chi connectivity index (χ3v) is 5.25. The van der Waals surface area contributed by atoms with Gasteiger partial charge in [-0.15, -0.1) is 0 Å². The van der Waals surface area contributed by atoms with Gasteiger partial charge in [0.25, 0.3) is 5.91 Å². The summed E-state index contributed by atoms with van der Waals surface area (Å²) in [6.07, 6.45) is 8.03. The van der Waals surface area contributed by atoms with Crippen molar-refractivity contribution in [2.24, 2.45) is 5.92 Å². The van der Waals surface area contributed by atoms with Gasteiger partial charge in [-0.05, 0) is 55.4 Å². The highest BCUT2D eigenvalue weighted by Crippen LogP contribution is 2.23. The van der Waals surface area contributed by atoms with Crippen molar-refractivity contribution in [3.8, 4) is 0 Å². The molecule has 4 rings (SSSR count). The Kier molecular flexibility index (Phi) is 4.81. The molecule has 0 aliphatic carbocycles. The normalized spacial score (nSPS) is 17.0. The van der Waals surface area contributed by atoms with E-state index in [1.807, 2.05) is 30.2 Å². The van der Waals surface area contributed by atoms with E-state index in [4.69, 9.17) is 5.11 Å². The number of amides is 1. The molecule has 28 heavy (non-hydrogen) atoms. The van der Waals surface area contributed by atoms with Crippen LogP contribution in [0.15, 0.2) is 42.9 Å². The maximum absolute atomic E-state index is 13.0. The fourth-order valence-electron chi connectivity index (χ4n) is 3.82. The Balaban J connectivity index is 1.47. The van der Waals surface area contributed by atoms with Crippen LogP contribution in [0.1, 0.15) is 44.7 Å². The van der Waals surface area contributed by atoms with Crippen LogP contribution in [-0.2, 0) is 6.42 Å². The number of hydrogen-bond donors (Lipinski definition) is 1. The third-order valence-electron chi connectivity index (χ3n) is 5.25. The molecule has 2 aromatic heterocycles. The van der Waals surface area contributed by atoms with Gasteiger partial charge in [-0.1, -0.05) is 12.1 Å². The van der Waals surface area contributed by atoms with E-state index in [1.54, 1.807) is 29.0 Å². The average molecular weight is 378 g/mol.